The van der Waals surface area contributed by atoms with Crippen molar-refractivity contribution in [3.05, 3.63) is 70.4 Å². The Labute approximate surface area is 148 Å². The second-order valence-corrected chi connectivity index (χ2v) is 6.35. The SMILES string of the molecule is O=C(Nc1ccccc1)c1cc(COc2ccc3c(c2)OCO3)cs1. The van der Waals surface area contributed by atoms with Gasteiger partial charge in [0.1, 0.15) is 12.4 Å². The Kier molecular flexibility index (Phi) is 4.26. The van der Waals surface area contributed by atoms with E-state index in [2.05, 4.69) is 5.32 Å². The van der Waals surface area contributed by atoms with Crippen molar-refractivity contribution >= 4 is 22.9 Å². The number of carbonyl (C=O) groups excluding carboxylic acids is 1. The number of rotatable bonds is 5. The lowest BCUT2D eigenvalue weighted by atomic mass is 10.3. The van der Waals surface area contributed by atoms with Crippen LogP contribution in [0, 0.1) is 0 Å². The smallest absolute Gasteiger partial charge is 0.265 e. The van der Waals surface area contributed by atoms with Crippen molar-refractivity contribution in [2.24, 2.45) is 0 Å². The van der Waals surface area contributed by atoms with Crippen LogP contribution in [-0.2, 0) is 6.61 Å². The van der Waals surface area contributed by atoms with E-state index in [0.717, 1.165) is 17.0 Å². The predicted octanol–water partition coefficient (Wildman–Crippen LogP) is 4.31. The first-order valence-electron chi connectivity index (χ1n) is 7.74. The van der Waals surface area contributed by atoms with Crippen LogP contribution in [0.5, 0.6) is 17.2 Å². The van der Waals surface area contributed by atoms with E-state index in [0.29, 0.717) is 23.0 Å². The molecule has 1 aliphatic rings. The van der Waals surface area contributed by atoms with Crippen molar-refractivity contribution in [3.63, 3.8) is 0 Å². The number of hydrogen-bond donors (Lipinski definition) is 1. The Bertz CT molecular complexity index is 891. The number of anilines is 1. The third kappa shape index (κ3) is 3.59. The quantitative estimate of drug-likeness (QED) is 0.743. The van der Waals surface area contributed by atoms with Gasteiger partial charge in [0.2, 0.25) is 6.79 Å². The summed E-state index contributed by atoms with van der Waals surface area (Å²) < 4.78 is 16.4. The maximum Gasteiger partial charge on any atom is 0.265 e. The van der Waals surface area contributed by atoms with Crippen molar-refractivity contribution in [3.8, 4) is 17.2 Å². The fourth-order valence-electron chi connectivity index (χ4n) is 2.42. The van der Waals surface area contributed by atoms with Gasteiger partial charge in [-0.05, 0) is 35.7 Å². The highest BCUT2D eigenvalue weighted by atomic mass is 32.1. The molecule has 0 aliphatic carbocycles. The Morgan fingerprint density at radius 3 is 2.80 bits per heavy atom. The van der Waals surface area contributed by atoms with Gasteiger partial charge in [-0.25, -0.2) is 0 Å². The molecular weight excluding hydrogens is 338 g/mol. The molecule has 1 aliphatic heterocycles. The van der Waals surface area contributed by atoms with Crippen molar-refractivity contribution < 1.29 is 19.0 Å². The van der Waals surface area contributed by atoms with Gasteiger partial charge in [0.15, 0.2) is 11.5 Å². The second-order valence-electron chi connectivity index (χ2n) is 5.44. The Morgan fingerprint density at radius 2 is 1.92 bits per heavy atom. The molecule has 0 radical (unpaired) electrons. The molecule has 5 nitrogen and oxygen atoms in total. The number of thiophene rings is 1. The third-order valence-corrected chi connectivity index (χ3v) is 4.64. The summed E-state index contributed by atoms with van der Waals surface area (Å²) in [5, 5.41) is 4.80. The molecule has 0 unspecified atom stereocenters. The second kappa shape index (κ2) is 6.86. The molecule has 1 aromatic heterocycles. The zero-order chi connectivity index (χ0) is 17.1. The van der Waals surface area contributed by atoms with Gasteiger partial charge in [-0.15, -0.1) is 11.3 Å². The molecule has 0 fully saturated rings. The van der Waals surface area contributed by atoms with Gasteiger partial charge in [0.25, 0.3) is 5.91 Å². The van der Waals surface area contributed by atoms with Crippen LogP contribution in [0.1, 0.15) is 15.2 Å². The van der Waals surface area contributed by atoms with E-state index >= 15 is 0 Å². The lowest BCUT2D eigenvalue weighted by Crippen LogP contribution is -2.09. The highest BCUT2D eigenvalue weighted by Gasteiger charge is 2.14. The topological polar surface area (TPSA) is 56.8 Å². The fraction of sp³-hybridized carbons (Fsp3) is 0.105. The zero-order valence-electron chi connectivity index (χ0n) is 13.2. The minimum atomic E-state index is -0.120. The van der Waals surface area contributed by atoms with Gasteiger partial charge in [-0.1, -0.05) is 18.2 Å². The van der Waals surface area contributed by atoms with Crippen molar-refractivity contribution in [2.45, 2.75) is 6.61 Å². The highest BCUT2D eigenvalue weighted by Crippen LogP contribution is 2.35. The molecule has 3 aromatic rings. The number of benzene rings is 2. The summed E-state index contributed by atoms with van der Waals surface area (Å²) >= 11 is 1.40. The summed E-state index contributed by atoms with van der Waals surface area (Å²) in [5.74, 6) is 1.99. The predicted molar refractivity (Wildman–Crippen MR) is 95.6 cm³/mol. The highest BCUT2D eigenvalue weighted by molar-refractivity contribution is 7.12. The maximum atomic E-state index is 12.3. The average molecular weight is 353 g/mol. The number of ether oxygens (including phenoxy) is 3. The van der Waals surface area contributed by atoms with E-state index in [1.54, 1.807) is 6.07 Å². The molecule has 0 spiro atoms. The first-order valence-corrected chi connectivity index (χ1v) is 8.62. The van der Waals surface area contributed by atoms with Gasteiger partial charge in [0, 0.05) is 17.3 Å². The molecule has 4 rings (SSSR count). The van der Waals surface area contributed by atoms with Crippen LogP contribution in [0.2, 0.25) is 0 Å². The van der Waals surface area contributed by atoms with Crippen molar-refractivity contribution in [2.75, 3.05) is 12.1 Å². The maximum absolute atomic E-state index is 12.3. The summed E-state index contributed by atoms with van der Waals surface area (Å²) in [6.07, 6.45) is 0. The lowest BCUT2D eigenvalue weighted by molar-refractivity contribution is 0.103. The number of carbonyl (C=O) groups is 1. The number of amides is 1. The number of nitrogens with one attached hydrogen (secondary N) is 1. The molecule has 0 bridgehead atoms. The molecule has 0 saturated heterocycles. The normalized spacial score (nSPS) is 12.0. The van der Waals surface area contributed by atoms with Crippen LogP contribution < -0.4 is 19.5 Å². The molecule has 2 aromatic carbocycles. The molecule has 0 saturated carbocycles. The minimum Gasteiger partial charge on any atom is -0.489 e. The third-order valence-electron chi connectivity index (χ3n) is 3.66. The van der Waals surface area contributed by atoms with Crippen LogP contribution in [0.4, 0.5) is 5.69 Å². The first kappa shape index (κ1) is 15.5. The van der Waals surface area contributed by atoms with Gasteiger partial charge in [-0.2, -0.15) is 0 Å². The van der Waals surface area contributed by atoms with E-state index in [1.165, 1.54) is 11.3 Å². The summed E-state index contributed by atoms with van der Waals surface area (Å²) in [6, 6.07) is 16.7. The summed E-state index contributed by atoms with van der Waals surface area (Å²) in [4.78, 5) is 12.9. The van der Waals surface area contributed by atoms with Crippen LogP contribution in [-0.4, -0.2) is 12.7 Å². The molecule has 25 heavy (non-hydrogen) atoms. The Hall–Kier alpha value is -2.99. The zero-order valence-corrected chi connectivity index (χ0v) is 14.0. The molecular formula is C19H15NO4S. The van der Waals surface area contributed by atoms with E-state index in [4.69, 9.17) is 14.2 Å². The monoisotopic (exact) mass is 353 g/mol. The van der Waals surface area contributed by atoms with Crippen molar-refractivity contribution in [1.29, 1.82) is 0 Å². The van der Waals surface area contributed by atoms with Crippen LogP contribution in [0.15, 0.2) is 60.0 Å². The van der Waals surface area contributed by atoms with Crippen LogP contribution >= 0.6 is 11.3 Å². The molecule has 0 atom stereocenters. The standard InChI is InChI=1S/C19H15NO4S/c21-19(20-14-4-2-1-3-5-14)18-8-13(11-25-18)10-22-15-6-7-16-17(9-15)24-12-23-16/h1-9,11H,10,12H2,(H,20,21). The first-order chi connectivity index (χ1) is 12.3. The molecule has 6 heteroatoms. The molecule has 1 amide bonds. The lowest BCUT2D eigenvalue weighted by Gasteiger charge is -2.05. The van der Waals surface area contributed by atoms with E-state index in [1.807, 2.05) is 53.9 Å². The van der Waals surface area contributed by atoms with Crippen LogP contribution in [0.3, 0.4) is 0 Å². The van der Waals surface area contributed by atoms with Gasteiger partial charge < -0.3 is 19.5 Å². The van der Waals surface area contributed by atoms with Gasteiger partial charge >= 0.3 is 0 Å². The van der Waals surface area contributed by atoms with Gasteiger partial charge in [-0.3, -0.25) is 4.79 Å². The van der Waals surface area contributed by atoms with E-state index in [-0.39, 0.29) is 12.7 Å². The van der Waals surface area contributed by atoms with E-state index < -0.39 is 0 Å². The minimum absolute atomic E-state index is 0.120. The summed E-state index contributed by atoms with van der Waals surface area (Å²) in [5.41, 5.74) is 1.72. The van der Waals surface area contributed by atoms with Crippen LogP contribution in [0.25, 0.3) is 0 Å². The molecule has 1 N–H and O–H groups in total. The molecule has 126 valence electrons. The fourth-order valence-corrected chi connectivity index (χ4v) is 3.21. The summed E-state index contributed by atoms with van der Waals surface area (Å²) in [7, 11) is 0. The number of fused-ring (bicyclic) bond motifs is 1. The Balaban J connectivity index is 1.37. The van der Waals surface area contributed by atoms with Crippen molar-refractivity contribution in [1.82, 2.24) is 0 Å². The van der Waals surface area contributed by atoms with E-state index in [9.17, 15) is 4.79 Å². The van der Waals surface area contributed by atoms with Gasteiger partial charge in [0.05, 0.1) is 4.88 Å². The Morgan fingerprint density at radius 1 is 1.08 bits per heavy atom. The average Bonchev–Trinajstić information content (AvgIpc) is 3.29. The molecule has 2 heterocycles. The largest absolute Gasteiger partial charge is 0.489 e. The number of para-hydroxylation sites is 1. The summed E-state index contributed by atoms with van der Waals surface area (Å²) in [6.45, 7) is 0.623. The number of hydrogen-bond acceptors (Lipinski definition) is 5.